The molecule has 6 heteroatoms. The molecule has 1 aromatic rings. The van der Waals surface area contributed by atoms with Crippen molar-refractivity contribution in [2.45, 2.75) is 32.0 Å². The second-order valence-electron chi connectivity index (χ2n) is 5.13. The molecule has 5 nitrogen and oxygen atoms in total. The van der Waals surface area contributed by atoms with Crippen LogP contribution in [-0.4, -0.2) is 35.5 Å². The number of aromatic amines is 1. The fraction of sp³-hybridized carbons (Fsp3) is 0.667. The molecule has 0 bridgehead atoms. The average molecular weight is 270 g/mol. The van der Waals surface area contributed by atoms with Crippen LogP contribution < -0.4 is 10.5 Å². The van der Waals surface area contributed by atoms with E-state index in [9.17, 15) is 4.79 Å². The number of aromatic nitrogens is 2. The summed E-state index contributed by atoms with van der Waals surface area (Å²) in [5, 5.41) is 6.66. The van der Waals surface area contributed by atoms with E-state index in [0.29, 0.717) is 5.92 Å². The van der Waals surface area contributed by atoms with E-state index >= 15 is 0 Å². The normalized spacial score (nSPS) is 28.4. The second-order valence-corrected chi connectivity index (χ2v) is 5.54. The van der Waals surface area contributed by atoms with Crippen LogP contribution in [-0.2, 0) is 4.74 Å². The lowest BCUT2D eigenvalue weighted by molar-refractivity contribution is -0.0274. The summed E-state index contributed by atoms with van der Waals surface area (Å²) in [6, 6.07) is 1.63. The lowest BCUT2D eigenvalue weighted by atomic mass is 10.1. The van der Waals surface area contributed by atoms with Gasteiger partial charge in [-0.05, 0) is 25.7 Å². The van der Waals surface area contributed by atoms with Crippen molar-refractivity contribution in [1.29, 1.82) is 0 Å². The van der Waals surface area contributed by atoms with Crippen molar-refractivity contribution in [1.82, 2.24) is 10.2 Å². The first-order chi connectivity index (χ1) is 8.63. The Morgan fingerprint density at radius 3 is 2.94 bits per heavy atom. The zero-order valence-electron chi connectivity index (χ0n) is 10.2. The van der Waals surface area contributed by atoms with Gasteiger partial charge in [-0.2, -0.15) is 5.10 Å². The Morgan fingerprint density at radius 1 is 1.50 bits per heavy atom. The van der Waals surface area contributed by atoms with E-state index in [2.05, 4.69) is 22.0 Å². The van der Waals surface area contributed by atoms with Crippen LogP contribution in [0.4, 0.5) is 5.82 Å². The van der Waals surface area contributed by atoms with Gasteiger partial charge in [0.25, 0.3) is 5.56 Å². The van der Waals surface area contributed by atoms with E-state index < -0.39 is 0 Å². The fourth-order valence-corrected chi connectivity index (χ4v) is 2.58. The van der Waals surface area contributed by atoms with Gasteiger partial charge < -0.3 is 9.64 Å². The summed E-state index contributed by atoms with van der Waals surface area (Å²) in [6.07, 6.45) is 2.97. The number of halogens is 1. The Balaban J connectivity index is 1.81. The molecule has 0 spiro atoms. The van der Waals surface area contributed by atoms with Gasteiger partial charge >= 0.3 is 0 Å². The van der Waals surface area contributed by atoms with E-state index in [1.54, 1.807) is 6.07 Å². The molecule has 1 aliphatic carbocycles. The molecule has 2 atom stereocenters. The number of anilines is 1. The standard InChI is InChI=1S/C12H16ClN3O2/c1-7-5-16(6-10(18-7)8-2-3-8)11-4-9(13)12(17)15-14-11/h4,7-8,10H,2-3,5-6H2,1H3,(H,15,17)/t7-,10-/m1/s1. The smallest absolute Gasteiger partial charge is 0.283 e. The van der Waals surface area contributed by atoms with Gasteiger partial charge in [0.1, 0.15) is 5.02 Å². The summed E-state index contributed by atoms with van der Waals surface area (Å²) in [4.78, 5) is 13.3. The van der Waals surface area contributed by atoms with Crippen molar-refractivity contribution >= 4 is 17.4 Å². The lowest BCUT2D eigenvalue weighted by Gasteiger charge is -2.37. The van der Waals surface area contributed by atoms with Crippen molar-refractivity contribution in [2.24, 2.45) is 5.92 Å². The van der Waals surface area contributed by atoms with Crippen LogP contribution in [0.1, 0.15) is 19.8 Å². The average Bonchev–Trinajstić information content (AvgIpc) is 3.16. The van der Waals surface area contributed by atoms with E-state index in [0.717, 1.165) is 18.9 Å². The number of nitrogens with zero attached hydrogens (tertiary/aromatic N) is 2. The van der Waals surface area contributed by atoms with Gasteiger partial charge in [0.05, 0.1) is 12.2 Å². The van der Waals surface area contributed by atoms with Gasteiger partial charge in [0, 0.05) is 19.2 Å². The molecular formula is C12H16ClN3O2. The first-order valence-corrected chi connectivity index (χ1v) is 6.67. The van der Waals surface area contributed by atoms with E-state index in [4.69, 9.17) is 16.3 Å². The Kier molecular flexibility index (Phi) is 3.03. The summed E-state index contributed by atoms with van der Waals surface area (Å²) in [5.74, 6) is 1.41. The van der Waals surface area contributed by atoms with E-state index in [1.807, 2.05) is 0 Å². The first-order valence-electron chi connectivity index (χ1n) is 6.29. The predicted molar refractivity (Wildman–Crippen MR) is 69.1 cm³/mol. The van der Waals surface area contributed by atoms with Crippen molar-refractivity contribution in [3.05, 3.63) is 21.4 Å². The maximum Gasteiger partial charge on any atom is 0.283 e. The third kappa shape index (κ3) is 2.37. The predicted octanol–water partition coefficient (Wildman–Crippen LogP) is 1.43. The fourth-order valence-electron chi connectivity index (χ4n) is 2.44. The Hall–Kier alpha value is -1.07. The molecule has 1 saturated carbocycles. The van der Waals surface area contributed by atoms with Crippen molar-refractivity contribution in [2.75, 3.05) is 18.0 Å². The number of morpholine rings is 1. The van der Waals surface area contributed by atoms with Crippen LogP contribution in [0.3, 0.4) is 0 Å². The Bertz CT molecular complexity index is 500. The van der Waals surface area contributed by atoms with E-state index in [-0.39, 0.29) is 22.8 Å². The molecule has 18 heavy (non-hydrogen) atoms. The largest absolute Gasteiger partial charge is 0.371 e. The first kappa shape index (κ1) is 12.0. The van der Waals surface area contributed by atoms with Crippen molar-refractivity contribution in [3.8, 4) is 0 Å². The molecule has 2 fully saturated rings. The SMILES string of the molecule is C[C@@H]1CN(c2cc(Cl)c(=O)[nH]n2)C[C@H](C2CC2)O1. The minimum Gasteiger partial charge on any atom is -0.371 e. The highest BCUT2D eigenvalue weighted by atomic mass is 35.5. The zero-order chi connectivity index (χ0) is 12.7. The molecule has 0 amide bonds. The number of ether oxygens (including phenoxy) is 1. The summed E-state index contributed by atoms with van der Waals surface area (Å²) >= 11 is 5.84. The molecular weight excluding hydrogens is 254 g/mol. The maximum absolute atomic E-state index is 11.2. The molecule has 1 aromatic heterocycles. The molecule has 1 aliphatic heterocycles. The highest BCUT2D eigenvalue weighted by Crippen LogP contribution is 2.37. The number of nitrogens with one attached hydrogen (secondary N) is 1. The summed E-state index contributed by atoms with van der Waals surface area (Å²) in [6.45, 7) is 3.66. The molecule has 2 aliphatic rings. The van der Waals surface area contributed by atoms with Crippen LogP contribution in [0.5, 0.6) is 0 Å². The number of rotatable bonds is 2. The number of hydrogen-bond acceptors (Lipinski definition) is 4. The summed E-state index contributed by atoms with van der Waals surface area (Å²) in [5.41, 5.74) is -0.347. The maximum atomic E-state index is 11.2. The van der Waals surface area contributed by atoms with Gasteiger partial charge in [-0.1, -0.05) is 11.6 Å². The van der Waals surface area contributed by atoms with Crippen LogP contribution in [0, 0.1) is 5.92 Å². The molecule has 3 rings (SSSR count). The van der Waals surface area contributed by atoms with Gasteiger partial charge in [-0.25, -0.2) is 5.10 Å². The molecule has 0 radical (unpaired) electrons. The Labute approximate surface area is 110 Å². The third-order valence-corrected chi connectivity index (χ3v) is 3.78. The van der Waals surface area contributed by atoms with Crippen LogP contribution in [0.15, 0.2) is 10.9 Å². The van der Waals surface area contributed by atoms with Gasteiger partial charge in [-0.15, -0.1) is 0 Å². The van der Waals surface area contributed by atoms with Crippen LogP contribution >= 0.6 is 11.6 Å². The van der Waals surface area contributed by atoms with Gasteiger partial charge in [0.15, 0.2) is 5.82 Å². The third-order valence-electron chi connectivity index (χ3n) is 3.50. The molecule has 0 unspecified atom stereocenters. The van der Waals surface area contributed by atoms with Gasteiger partial charge in [0.2, 0.25) is 0 Å². The summed E-state index contributed by atoms with van der Waals surface area (Å²) < 4.78 is 5.94. The topological polar surface area (TPSA) is 58.2 Å². The van der Waals surface area contributed by atoms with Crippen LogP contribution in [0.25, 0.3) is 0 Å². The highest BCUT2D eigenvalue weighted by Gasteiger charge is 2.37. The second kappa shape index (κ2) is 4.55. The summed E-state index contributed by atoms with van der Waals surface area (Å²) in [7, 11) is 0. The Morgan fingerprint density at radius 2 is 2.28 bits per heavy atom. The van der Waals surface area contributed by atoms with Gasteiger partial charge in [-0.3, -0.25) is 4.79 Å². The minimum absolute atomic E-state index is 0.178. The quantitative estimate of drug-likeness (QED) is 0.882. The van der Waals surface area contributed by atoms with E-state index in [1.165, 1.54) is 12.8 Å². The van der Waals surface area contributed by atoms with Crippen molar-refractivity contribution < 1.29 is 4.74 Å². The molecule has 1 saturated heterocycles. The molecule has 2 heterocycles. The lowest BCUT2D eigenvalue weighted by Crippen LogP contribution is -2.48. The monoisotopic (exact) mass is 269 g/mol. The molecule has 1 N–H and O–H groups in total. The number of H-pyrrole nitrogens is 1. The van der Waals surface area contributed by atoms with Crippen molar-refractivity contribution in [3.63, 3.8) is 0 Å². The number of hydrogen-bond donors (Lipinski definition) is 1. The molecule has 0 aromatic carbocycles. The zero-order valence-corrected chi connectivity index (χ0v) is 11.0. The highest BCUT2D eigenvalue weighted by molar-refractivity contribution is 6.30. The minimum atomic E-state index is -0.347. The van der Waals surface area contributed by atoms with Crippen LogP contribution in [0.2, 0.25) is 5.02 Å². The molecule has 98 valence electrons.